The molecule has 2 aliphatic carbocycles. The third-order valence-electron chi connectivity index (χ3n) is 5.82. The van der Waals surface area contributed by atoms with Gasteiger partial charge in [-0.05, 0) is 30.6 Å². The molecule has 5 atom stereocenters. The zero-order valence-corrected chi connectivity index (χ0v) is 15.4. The number of fused-ring (bicyclic) bond motifs is 2. The lowest BCUT2D eigenvalue weighted by Crippen LogP contribution is -2.42. The Morgan fingerprint density at radius 1 is 1.32 bits per heavy atom. The number of carbonyl (C=O) groups excluding carboxylic acids is 2. The minimum absolute atomic E-state index is 0.0555. The van der Waals surface area contributed by atoms with Crippen LogP contribution in [0.15, 0.2) is 18.7 Å². The van der Waals surface area contributed by atoms with Crippen LogP contribution >= 0.6 is 0 Å². The van der Waals surface area contributed by atoms with E-state index in [1.807, 2.05) is 7.05 Å². The Balaban J connectivity index is 1.52. The molecule has 0 aromatic carbocycles. The van der Waals surface area contributed by atoms with Gasteiger partial charge in [0, 0.05) is 31.7 Å². The van der Waals surface area contributed by atoms with E-state index in [2.05, 4.69) is 30.9 Å². The number of imidazole rings is 1. The second-order valence-corrected chi connectivity index (χ2v) is 7.50. The predicted octanol–water partition coefficient (Wildman–Crippen LogP) is 1.09. The van der Waals surface area contributed by atoms with Gasteiger partial charge in [0.2, 0.25) is 12.4 Å². The number of halogens is 1. The van der Waals surface area contributed by atoms with Crippen LogP contribution in [0.2, 0.25) is 0 Å². The summed E-state index contributed by atoms with van der Waals surface area (Å²) in [6.45, 7) is 0.563. The molecule has 0 radical (unpaired) electrons. The lowest BCUT2D eigenvalue weighted by atomic mass is 9.78. The van der Waals surface area contributed by atoms with Gasteiger partial charge < -0.3 is 25.3 Å². The largest absolute Gasteiger partial charge is 0.364 e. The maximum absolute atomic E-state index is 14.4. The molecule has 2 heterocycles. The van der Waals surface area contributed by atoms with Crippen LogP contribution in [-0.4, -0.2) is 44.8 Å². The molecule has 28 heavy (non-hydrogen) atoms. The molecule has 2 aliphatic rings. The van der Waals surface area contributed by atoms with E-state index in [1.54, 1.807) is 17.1 Å². The summed E-state index contributed by atoms with van der Waals surface area (Å²) in [6.07, 6.45) is 7.90. The van der Waals surface area contributed by atoms with E-state index >= 15 is 0 Å². The second kappa shape index (κ2) is 7.53. The van der Waals surface area contributed by atoms with Crippen molar-refractivity contribution < 1.29 is 14.0 Å². The first kappa shape index (κ1) is 18.3. The monoisotopic (exact) mass is 387 g/mol. The van der Waals surface area contributed by atoms with Gasteiger partial charge in [-0.1, -0.05) is 0 Å². The van der Waals surface area contributed by atoms with Crippen molar-refractivity contribution in [1.82, 2.24) is 24.8 Å². The van der Waals surface area contributed by atoms with E-state index in [9.17, 15) is 14.0 Å². The third kappa shape index (κ3) is 3.41. The smallest absolute Gasteiger partial charge is 0.230 e. The predicted molar refractivity (Wildman–Crippen MR) is 99.2 cm³/mol. The van der Waals surface area contributed by atoms with Crippen molar-refractivity contribution in [2.75, 3.05) is 17.2 Å². The number of anilines is 3. The molecule has 0 saturated heterocycles. The molecule has 148 valence electrons. The molecule has 0 spiro atoms. The van der Waals surface area contributed by atoms with Crippen LogP contribution in [0.5, 0.6) is 0 Å². The highest BCUT2D eigenvalue weighted by Crippen LogP contribution is 2.51. The van der Waals surface area contributed by atoms with Gasteiger partial charge >= 0.3 is 0 Å². The molecule has 4 rings (SSSR count). The lowest BCUT2D eigenvalue weighted by Gasteiger charge is -2.34. The number of nitrogens with one attached hydrogen (secondary N) is 3. The summed E-state index contributed by atoms with van der Waals surface area (Å²) in [7, 11) is 1.83. The van der Waals surface area contributed by atoms with Crippen LogP contribution in [-0.2, 0) is 16.6 Å². The van der Waals surface area contributed by atoms with Crippen LogP contribution < -0.4 is 16.0 Å². The van der Waals surface area contributed by atoms with E-state index in [1.165, 1.54) is 0 Å². The minimum atomic E-state index is -0.582. The first-order valence-corrected chi connectivity index (χ1v) is 9.25. The Hall–Kier alpha value is -3.04. The van der Waals surface area contributed by atoms with Gasteiger partial charge in [-0.25, -0.2) is 14.4 Å². The first-order valence-electron chi connectivity index (χ1n) is 9.25. The Morgan fingerprint density at radius 3 is 2.89 bits per heavy atom. The van der Waals surface area contributed by atoms with E-state index in [0.717, 1.165) is 25.3 Å². The molecule has 10 heteroatoms. The van der Waals surface area contributed by atoms with Gasteiger partial charge in [-0.15, -0.1) is 0 Å². The summed E-state index contributed by atoms with van der Waals surface area (Å²) < 4.78 is 16.1. The molecule has 3 N–H and O–H groups in total. The maximum Gasteiger partial charge on any atom is 0.230 e. The number of aldehydes is 1. The van der Waals surface area contributed by atoms with Crippen molar-refractivity contribution in [3.05, 3.63) is 24.5 Å². The zero-order valence-electron chi connectivity index (χ0n) is 15.4. The SMILES string of the molecule is Cn1cnc(Nc2ncc(F)c(NC3C(C=O)C4CC(CNC=O)C3C4)n2)c1. The number of nitrogens with zero attached hydrogens (tertiary/aromatic N) is 4. The summed E-state index contributed by atoms with van der Waals surface area (Å²) in [6, 6.07) is -0.221. The van der Waals surface area contributed by atoms with Gasteiger partial charge in [0.05, 0.1) is 12.5 Å². The van der Waals surface area contributed by atoms with Crippen molar-refractivity contribution in [3.63, 3.8) is 0 Å². The number of hydrogen-bond donors (Lipinski definition) is 3. The Labute approximate surface area is 161 Å². The van der Waals surface area contributed by atoms with Gasteiger partial charge in [0.15, 0.2) is 17.5 Å². The number of aromatic nitrogens is 4. The fraction of sp³-hybridized carbons (Fsp3) is 0.500. The van der Waals surface area contributed by atoms with Crippen molar-refractivity contribution in [3.8, 4) is 0 Å². The summed E-state index contributed by atoms with van der Waals surface area (Å²) in [5, 5.41) is 8.80. The van der Waals surface area contributed by atoms with E-state index < -0.39 is 5.82 Å². The van der Waals surface area contributed by atoms with E-state index in [-0.39, 0.29) is 41.5 Å². The highest BCUT2D eigenvalue weighted by Gasteiger charge is 2.52. The van der Waals surface area contributed by atoms with Crippen LogP contribution in [0.25, 0.3) is 0 Å². The molecule has 2 saturated carbocycles. The lowest BCUT2D eigenvalue weighted by molar-refractivity contribution is -0.113. The van der Waals surface area contributed by atoms with Gasteiger partial charge in [-0.2, -0.15) is 4.98 Å². The topological polar surface area (TPSA) is 114 Å². The molecule has 2 aromatic heterocycles. The zero-order chi connectivity index (χ0) is 19.7. The van der Waals surface area contributed by atoms with Gasteiger partial charge in [-0.3, -0.25) is 4.79 Å². The Bertz CT molecular complexity index is 873. The number of hydrogen-bond acceptors (Lipinski definition) is 7. The number of aryl methyl sites for hydroxylation is 1. The molecule has 9 nitrogen and oxygen atoms in total. The van der Waals surface area contributed by atoms with Gasteiger partial charge in [0.1, 0.15) is 6.29 Å². The van der Waals surface area contributed by atoms with Crippen molar-refractivity contribution >= 4 is 30.3 Å². The van der Waals surface area contributed by atoms with E-state index in [4.69, 9.17) is 0 Å². The number of rotatable bonds is 8. The highest BCUT2D eigenvalue weighted by molar-refractivity contribution is 5.59. The minimum Gasteiger partial charge on any atom is -0.364 e. The van der Waals surface area contributed by atoms with Crippen LogP contribution in [0.4, 0.5) is 22.0 Å². The normalized spacial score (nSPS) is 28.1. The fourth-order valence-corrected chi connectivity index (χ4v) is 4.65. The van der Waals surface area contributed by atoms with Crippen molar-refractivity contribution in [1.29, 1.82) is 0 Å². The molecule has 1 amide bonds. The second-order valence-electron chi connectivity index (χ2n) is 7.50. The first-order chi connectivity index (χ1) is 13.6. The fourth-order valence-electron chi connectivity index (χ4n) is 4.65. The summed E-state index contributed by atoms with van der Waals surface area (Å²) in [4.78, 5) is 34.6. The molecule has 2 bridgehead atoms. The Morgan fingerprint density at radius 2 is 2.18 bits per heavy atom. The van der Waals surface area contributed by atoms with Gasteiger partial charge in [0.25, 0.3) is 0 Å². The quantitative estimate of drug-likeness (QED) is 0.581. The summed E-state index contributed by atoms with van der Waals surface area (Å²) in [5.41, 5.74) is 0. The number of carbonyl (C=O) groups is 2. The highest BCUT2D eigenvalue weighted by atomic mass is 19.1. The molecule has 2 fully saturated rings. The maximum atomic E-state index is 14.4. The number of amides is 1. The summed E-state index contributed by atoms with van der Waals surface area (Å²) >= 11 is 0. The molecule has 5 unspecified atom stereocenters. The molecular weight excluding hydrogens is 365 g/mol. The van der Waals surface area contributed by atoms with Crippen molar-refractivity contribution in [2.24, 2.45) is 30.7 Å². The van der Waals surface area contributed by atoms with Crippen molar-refractivity contribution in [2.45, 2.75) is 18.9 Å². The average molecular weight is 387 g/mol. The van der Waals surface area contributed by atoms with Crippen LogP contribution in [0.1, 0.15) is 12.8 Å². The third-order valence-corrected chi connectivity index (χ3v) is 5.82. The molecular formula is C18H22FN7O2. The van der Waals surface area contributed by atoms with E-state index in [0.29, 0.717) is 18.8 Å². The standard InChI is InChI=1S/C18H22FN7O2/c1-26-6-15(22-8-26)23-18-21-5-14(19)17(25-18)24-16-12-3-10(13(16)7-27)2-11(12)4-20-9-28/h5-13,16H,2-4H2,1H3,(H,20,28)(H2,21,23,24,25). The molecule has 2 aromatic rings. The summed E-state index contributed by atoms with van der Waals surface area (Å²) in [5.74, 6) is 0.724. The molecule has 0 aliphatic heterocycles. The average Bonchev–Trinajstić information content (AvgIpc) is 3.37. The Kier molecular flexibility index (Phi) is 4.93. The van der Waals surface area contributed by atoms with Crippen LogP contribution in [0, 0.1) is 29.5 Å². The van der Waals surface area contributed by atoms with Crippen LogP contribution in [0.3, 0.4) is 0 Å².